The zero-order valence-corrected chi connectivity index (χ0v) is 14.1. The first kappa shape index (κ1) is 16.6. The van der Waals surface area contributed by atoms with Crippen LogP contribution < -0.4 is 5.32 Å². The van der Waals surface area contributed by atoms with Crippen LogP contribution in [0.1, 0.15) is 32.5 Å². The van der Waals surface area contributed by atoms with Gasteiger partial charge in [0.2, 0.25) is 0 Å². The number of carbonyl (C=O) groups is 2. The molecule has 25 heavy (non-hydrogen) atoms. The van der Waals surface area contributed by atoms with Gasteiger partial charge >= 0.3 is 0 Å². The van der Waals surface area contributed by atoms with Gasteiger partial charge in [-0.2, -0.15) is 5.26 Å². The second-order valence-corrected chi connectivity index (χ2v) is 6.26. The van der Waals surface area contributed by atoms with Gasteiger partial charge in [0, 0.05) is 18.1 Å². The molecule has 0 fully saturated rings. The molecule has 0 aliphatic rings. The summed E-state index contributed by atoms with van der Waals surface area (Å²) in [5, 5.41) is 11.9. The SMILES string of the molecule is CC(=O)c1sc(NC(=O)c2ccc(C#N)cc2)nc1-c1ccccc1. The van der Waals surface area contributed by atoms with E-state index in [0.29, 0.717) is 26.8 Å². The van der Waals surface area contributed by atoms with Gasteiger partial charge in [-0.05, 0) is 24.3 Å². The minimum absolute atomic E-state index is 0.102. The average molecular weight is 347 g/mol. The van der Waals surface area contributed by atoms with Crippen molar-refractivity contribution in [2.45, 2.75) is 6.92 Å². The summed E-state index contributed by atoms with van der Waals surface area (Å²) in [6.45, 7) is 1.48. The third-order valence-electron chi connectivity index (χ3n) is 3.49. The van der Waals surface area contributed by atoms with E-state index in [4.69, 9.17) is 5.26 Å². The fourth-order valence-corrected chi connectivity index (χ4v) is 3.15. The van der Waals surface area contributed by atoms with Gasteiger partial charge < -0.3 is 0 Å². The van der Waals surface area contributed by atoms with E-state index < -0.39 is 0 Å². The summed E-state index contributed by atoms with van der Waals surface area (Å²) in [4.78, 5) is 29.2. The van der Waals surface area contributed by atoms with E-state index >= 15 is 0 Å². The van der Waals surface area contributed by atoms with Gasteiger partial charge in [-0.25, -0.2) is 4.98 Å². The molecule has 0 saturated heterocycles. The highest BCUT2D eigenvalue weighted by molar-refractivity contribution is 7.18. The average Bonchev–Trinajstić information content (AvgIpc) is 3.06. The number of nitrogens with one attached hydrogen (secondary N) is 1. The number of aromatic nitrogens is 1. The van der Waals surface area contributed by atoms with Crippen LogP contribution in [0.4, 0.5) is 5.13 Å². The van der Waals surface area contributed by atoms with Gasteiger partial charge in [0.25, 0.3) is 5.91 Å². The largest absolute Gasteiger partial charge is 0.298 e. The van der Waals surface area contributed by atoms with E-state index in [9.17, 15) is 9.59 Å². The molecule has 1 heterocycles. The number of hydrogen-bond donors (Lipinski definition) is 1. The predicted octanol–water partition coefficient (Wildman–Crippen LogP) is 4.14. The molecule has 2 aromatic carbocycles. The van der Waals surface area contributed by atoms with Crippen LogP contribution in [0.3, 0.4) is 0 Å². The Bertz CT molecular complexity index is 970. The number of hydrogen-bond acceptors (Lipinski definition) is 5. The molecule has 5 nitrogen and oxygen atoms in total. The number of carbonyl (C=O) groups excluding carboxylic acids is 2. The molecule has 0 bridgehead atoms. The molecule has 3 aromatic rings. The third kappa shape index (κ3) is 3.62. The fourth-order valence-electron chi connectivity index (χ4n) is 2.27. The van der Waals surface area contributed by atoms with Gasteiger partial charge in [0.1, 0.15) is 0 Å². The highest BCUT2D eigenvalue weighted by atomic mass is 32.1. The number of amides is 1. The first-order valence-electron chi connectivity index (χ1n) is 7.47. The van der Waals surface area contributed by atoms with Crippen molar-refractivity contribution in [1.82, 2.24) is 4.98 Å². The van der Waals surface area contributed by atoms with Crippen molar-refractivity contribution in [1.29, 1.82) is 5.26 Å². The Hall–Kier alpha value is -3.30. The molecular weight excluding hydrogens is 334 g/mol. The number of nitrogens with zero attached hydrogens (tertiary/aromatic N) is 2. The van der Waals surface area contributed by atoms with Crippen molar-refractivity contribution in [3.63, 3.8) is 0 Å². The van der Waals surface area contributed by atoms with Crippen LogP contribution in [-0.2, 0) is 0 Å². The van der Waals surface area contributed by atoms with Crippen molar-refractivity contribution in [3.05, 3.63) is 70.6 Å². The van der Waals surface area contributed by atoms with Gasteiger partial charge in [-0.15, -0.1) is 0 Å². The van der Waals surface area contributed by atoms with Crippen LogP contribution >= 0.6 is 11.3 Å². The van der Waals surface area contributed by atoms with Crippen molar-refractivity contribution < 1.29 is 9.59 Å². The van der Waals surface area contributed by atoms with Crippen molar-refractivity contribution in [3.8, 4) is 17.3 Å². The maximum absolute atomic E-state index is 12.3. The van der Waals surface area contributed by atoms with E-state index in [1.807, 2.05) is 36.4 Å². The summed E-state index contributed by atoms with van der Waals surface area (Å²) < 4.78 is 0. The minimum Gasteiger partial charge on any atom is -0.298 e. The maximum atomic E-state index is 12.3. The lowest BCUT2D eigenvalue weighted by Crippen LogP contribution is -2.11. The number of ketones is 1. The first-order chi connectivity index (χ1) is 12.1. The van der Waals surface area contributed by atoms with Crippen molar-refractivity contribution in [2.24, 2.45) is 0 Å². The van der Waals surface area contributed by atoms with E-state index in [0.717, 1.165) is 16.9 Å². The molecule has 0 aliphatic heterocycles. The van der Waals surface area contributed by atoms with Gasteiger partial charge in [-0.1, -0.05) is 41.7 Å². The molecule has 0 aliphatic carbocycles. The summed E-state index contributed by atoms with van der Waals surface area (Å²) in [6.07, 6.45) is 0. The Labute approximate surface area is 148 Å². The number of rotatable bonds is 4. The minimum atomic E-state index is -0.340. The summed E-state index contributed by atoms with van der Waals surface area (Å²) in [5.74, 6) is -0.442. The molecule has 1 N–H and O–H groups in total. The number of thiazole rings is 1. The monoisotopic (exact) mass is 347 g/mol. The van der Waals surface area contributed by atoms with E-state index in [2.05, 4.69) is 10.3 Å². The maximum Gasteiger partial charge on any atom is 0.257 e. The van der Waals surface area contributed by atoms with Gasteiger partial charge in [-0.3, -0.25) is 14.9 Å². The fraction of sp³-hybridized carbons (Fsp3) is 0.0526. The Morgan fingerprint density at radius 1 is 1.08 bits per heavy atom. The number of Topliss-reactive ketones (excluding diaryl/α,β-unsaturated/α-hetero) is 1. The summed E-state index contributed by atoms with van der Waals surface area (Å²) in [5.41, 5.74) is 2.28. The molecule has 3 rings (SSSR count). The second-order valence-electron chi connectivity index (χ2n) is 5.26. The van der Waals surface area contributed by atoms with Gasteiger partial charge in [0.05, 0.1) is 22.2 Å². The molecule has 0 saturated carbocycles. The lowest BCUT2D eigenvalue weighted by Gasteiger charge is -2.01. The Kier molecular flexibility index (Phi) is 4.68. The zero-order valence-electron chi connectivity index (χ0n) is 13.3. The third-order valence-corrected chi connectivity index (χ3v) is 4.56. The lowest BCUT2D eigenvalue weighted by molar-refractivity contribution is 0.101. The highest BCUT2D eigenvalue weighted by Crippen LogP contribution is 2.31. The second kappa shape index (κ2) is 7.07. The van der Waals surface area contributed by atoms with Crippen LogP contribution in [0.5, 0.6) is 0 Å². The predicted molar refractivity (Wildman–Crippen MR) is 96.7 cm³/mol. The first-order valence-corrected chi connectivity index (χ1v) is 8.29. The highest BCUT2D eigenvalue weighted by Gasteiger charge is 2.18. The molecule has 0 radical (unpaired) electrons. The smallest absolute Gasteiger partial charge is 0.257 e. The lowest BCUT2D eigenvalue weighted by atomic mass is 10.1. The Morgan fingerprint density at radius 2 is 1.76 bits per heavy atom. The van der Waals surface area contributed by atoms with Crippen molar-refractivity contribution >= 4 is 28.2 Å². The Morgan fingerprint density at radius 3 is 2.36 bits per heavy atom. The van der Waals surface area contributed by atoms with Crippen LogP contribution in [0.25, 0.3) is 11.3 Å². The van der Waals surface area contributed by atoms with Crippen molar-refractivity contribution in [2.75, 3.05) is 5.32 Å². The molecule has 1 aromatic heterocycles. The molecule has 0 atom stereocenters. The quantitative estimate of drug-likeness (QED) is 0.719. The number of anilines is 1. The molecule has 1 amide bonds. The number of benzene rings is 2. The summed E-state index contributed by atoms with van der Waals surface area (Å²) in [7, 11) is 0. The molecular formula is C19H13N3O2S. The van der Waals surface area contributed by atoms with Crippen LogP contribution in [0.15, 0.2) is 54.6 Å². The summed E-state index contributed by atoms with van der Waals surface area (Å²) in [6, 6.07) is 17.7. The van der Waals surface area contributed by atoms with E-state index in [1.54, 1.807) is 24.3 Å². The van der Waals surface area contributed by atoms with Crippen LogP contribution in [0, 0.1) is 11.3 Å². The molecule has 6 heteroatoms. The van der Waals surface area contributed by atoms with E-state index in [-0.39, 0.29) is 11.7 Å². The molecule has 122 valence electrons. The molecule has 0 spiro atoms. The standard InChI is InChI=1S/C19H13N3O2S/c1-12(23)17-16(14-5-3-2-4-6-14)21-19(25-17)22-18(24)15-9-7-13(11-20)8-10-15/h2-10H,1H3,(H,21,22,24). The Balaban J connectivity index is 1.89. The van der Waals surface area contributed by atoms with Crippen LogP contribution in [-0.4, -0.2) is 16.7 Å². The van der Waals surface area contributed by atoms with Crippen LogP contribution in [0.2, 0.25) is 0 Å². The zero-order chi connectivity index (χ0) is 17.8. The summed E-state index contributed by atoms with van der Waals surface area (Å²) >= 11 is 1.15. The number of nitriles is 1. The molecule has 0 unspecified atom stereocenters. The van der Waals surface area contributed by atoms with Gasteiger partial charge in [0.15, 0.2) is 10.9 Å². The topological polar surface area (TPSA) is 82.9 Å². The normalized spacial score (nSPS) is 10.1. The van der Waals surface area contributed by atoms with E-state index in [1.165, 1.54) is 6.92 Å².